The Balaban J connectivity index is 1.05. The number of non-ortho nitro benzene ring substituents is 2. The van der Waals surface area contributed by atoms with E-state index in [4.69, 9.17) is 9.47 Å². The first kappa shape index (κ1) is 34.3. The maximum atomic E-state index is 13.5. The van der Waals surface area contributed by atoms with Crippen LogP contribution >= 0.6 is 22.7 Å². The van der Waals surface area contributed by atoms with Crippen LogP contribution in [0.5, 0.6) is 0 Å². The molecule has 0 saturated carbocycles. The Hall–Kier alpha value is -4.76. The van der Waals surface area contributed by atoms with E-state index in [1.807, 2.05) is 48.9 Å². The number of carbonyl (C=O) groups excluding carboxylic acids is 2. The van der Waals surface area contributed by atoms with Crippen LogP contribution in [-0.2, 0) is 19.1 Å². The van der Waals surface area contributed by atoms with Gasteiger partial charge in [0.15, 0.2) is 11.4 Å². The molecule has 0 aliphatic carbocycles. The summed E-state index contributed by atoms with van der Waals surface area (Å²) in [6, 6.07) is 10.3. The van der Waals surface area contributed by atoms with Gasteiger partial charge in [0.25, 0.3) is 11.4 Å². The molecule has 12 nitrogen and oxygen atoms in total. The molecule has 8 rings (SSSR count). The van der Waals surface area contributed by atoms with E-state index >= 15 is 0 Å². The van der Waals surface area contributed by atoms with Crippen molar-refractivity contribution in [1.82, 2.24) is 9.80 Å². The zero-order chi connectivity index (χ0) is 36.4. The summed E-state index contributed by atoms with van der Waals surface area (Å²) >= 11 is 2.90. The third-order valence-corrected chi connectivity index (χ3v) is 13.0. The topological polar surface area (TPSA) is 145 Å². The van der Waals surface area contributed by atoms with Gasteiger partial charge < -0.3 is 9.47 Å². The average Bonchev–Trinajstić information content (AvgIpc) is 3.86. The van der Waals surface area contributed by atoms with Crippen molar-refractivity contribution in [3.05, 3.63) is 103 Å². The molecule has 2 aromatic carbocycles. The van der Waals surface area contributed by atoms with Crippen molar-refractivity contribution in [2.24, 2.45) is 0 Å². The highest BCUT2D eigenvalue weighted by atomic mass is 32.1. The monoisotopic (exact) mass is 740 g/mol. The van der Waals surface area contributed by atoms with Crippen molar-refractivity contribution in [3.63, 3.8) is 0 Å². The van der Waals surface area contributed by atoms with Crippen LogP contribution in [0.15, 0.2) is 71.5 Å². The van der Waals surface area contributed by atoms with Gasteiger partial charge in [0.2, 0.25) is 0 Å². The summed E-state index contributed by atoms with van der Waals surface area (Å²) < 4.78 is 14.0. The van der Waals surface area contributed by atoms with E-state index in [-0.39, 0.29) is 33.3 Å². The molecule has 0 N–H and O–H groups in total. The molecule has 6 heterocycles. The van der Waals surface area contributed by atoms with Crippen LogP contribution in [-0.4, -0.2) is 68.2 Å². The number of nitro benzene ring substituents is 2. The highest BCUT2D eigenvalue weighted by Gasteiger charge is 2.52. The van der Waals surface area contributed by atoms with Crippen molar-refractivity contribution < 1.29 is 28.9 Å². The van der Waals surface area contributed by atoms with E-state index in [9.17, 15) is 29.8 Å². The third kappa shape index (κ3) is 5.56. The van der Waals surface area contributed by atoms with E-state index in [1.165, 1.54) is 34.8 Å². The molecule has 4 aliphatic rings. The van der Waals surface area contributed by atoms with E-state index < -0.39 is 23.4 Å². The number of likely N-dealkylation sites (N-methyl/N-ethyl adjacent to an activating group) is 2. The van der Waals surface area contributed by atoms with Gasteiger partial charge in [-0.1, -0.05) is 26.0 Å². The van der Waals surface area contributed by atoms with Crippen LogP contribution in [0.1, 0.15) is 63.5 Å². The first-order chi connectivity index (χ1) is 25.1. The van der Waals surface area contributed by atoms with Gasteiger partial charge in [-0.15, -0.1) is 22.7 Å². The minimum atomic E-state index is -1.06. The summed E-state index contributed by atoms with van der Waals surface area (Å²) in [6.45, 7) is 5.28. The minimum absolute atomic E-state index is 0.0482. The fourth-order valence-electron chi connectivity index (χ4n) is 9.04. The smallest absolute Gasteiger partial charge is 0.333 e. The summed E-state index contributed by atoms with van der Waals surface area (Å²) in [4.78, 5) is 54.3. The van der Waals surface area contributed by atoms with E-state index in [2.05, 4.69) is 9.80 Å². The first-order valence-corrected chi connectivity index (χ1v) is 19.2. The summed E-state index contributed by atoms with van der Waals surface area (Å²) in [5, 5.41) is 28.9. The molecule has 4 aromatic rings. The number of esters is 2. The Morgan fingerprint density at radius 2 is 1.19 bits per heavy atom. The van der Waals surface area contributed by atoms with Crippen LogP contribution in [0.3, 0.4) is 0 Å². The Kier molecular flexibility index (Phi) is 8.60. The molecule has 0 radical (unpaired) electrons. The normalized spacial score (nSPS) is 25.8. The SMILES string of the molecule is CCN1C2CCC1(OC(=O)/C=C\C(=O)OC13C=C(c4csc5cccc([N+](=O)[O-])c45)CC(CC1)N3CC)C=C(c1csc3cccc([N+](=O)[O-])c13)C2. The number of fused-ring (bicyclic) bond motifs is 6. The van der Waals surface area contributed by atoms with Gasteiger partial charge in [0, 0.05) is 69.7 Å². The molecule has 4 unspecified atom stereocenters. The lowest BCUT2D eigenvalue weighted by molar-refractivity contribution is -0.383. The molecule has 0 amide bonds. The molecule has 4 atom stereocenters. The number of benzene rings is 2. The highest BCUT2D eigenvalue weighted by Crippen LogP contribution is 2.50. The lowest BCUT2D eigenvalue weighted by Crippen LogP contribution is -2.51. The van der Waals surface area contributed by atoms with Crippen LogP contribution in [0.2, 0.25) is 0 Å². The van der Waals surface area contributed by atoms with Crippen LogP contribution < -0.4 is 0 Å². The van der Waals surface area contributed by atoms with Gasteiger partial charge in [-0.05, 0) is 85.0 Å². The summed E-state index contributed by atoms with van der Waals surface area (Å²) in [6.07, 6.45) is 10.1. The average molecular weight is 741 g/mol. The lowest BCUT2D eigenvalue weighted by Gasteiger charge is -2.41. The van der Waals surface area contributed by atoms with Crippen molar-refractivity contribution in [3.8, 4) is 0 Å². The number of hydrogen-bond acceptors (Lipinski definition) is 12. The van der Waals surface area contributed by atoms with Gasteiger partial charge in [0.1, 0.15) is 0 Å². The maximum Gasteiger partial charge on any atom is 0.333 e. The molecule has 0 spiro atoms. The molecule has 2 saturated heterocycles. The molecule has 4 aliphatic heterocycles. The first-order valence-electron chi connectivity index (χ1n) is 17.5. The van der Waals surface area contributed by atoms with Crippen LogP contribution in [0.4, 0.5) is 11.4 Å². The Labute approximate surface area is 306 Å². The van der Waals surface area contributed by atoms with Gasteiger partial charge in [-0.25, -0.2) is 9.59 Å². The molecule has 2 aromatic heterocycles. The number of hydrogen-bond donors (Lipinski definition) is 0. The standard InChI is InChI=1S/C38H36N4O8S2/c1-3-39-25-13-15-37(39,19-23(17-25)27-21-51-31-9-5-7-29(35(27)31)41(45)46)49-33(43)11-12-34(44)50-38-16-14-26(40(38)4-2)18-24(20-38)28-22-52-32-10-6-8-30(36(28)32)42(47)48/h5-12,19-22,25-26H,3-4,13-18H2,1-2H3/b12-11-. The van der Waals surface area contributed by atoms with E-state index in [0.29, 0.717) is 49.5 Å². The predicted molar refractivity (Wildman–Crippen MR) is 200 cm³/mol. The summed E-state index contributed by atoms with van der Waals surface area (Å²) in [7, 11) is 0. The zero-order valence-corrected chi connectivity index (χ0v) is 30.2. The Morgan fingerprint density at radius 3 is 1.58 bits per heavy atom. The number of rotatable bonds is 10. The zero-order valence-electron chi connectivity index (χ0n) is 28.6. The number of nitrogens with zero attached hydrogens (tertiary/aromatic N) is 4. The Morgan fingerprint density at radius 1 is 0.769 bits per heavy atom. The van der Waals surface area contributed by atoms with Crippen molar-refractivity contribution in [1.29, 1.82) is 0 Å². The third-order valence-electron chi connectivity index (χ3n) is 11.1. The maximum absolute atomic E-state index is 13.5. The van der Waals surface area contributed by atoms with Crippen LogP contribution in [0.25, 0.3) is 31.3 Å². The highest BCUT2D eigenvalue weighted by molar-refractivity contribution is 7.18. The molecule has 2 fully saturated rings. The molecule has 14 heteroatoms. The van der Waals surface area contributed by atoms with Crippen molar-refractivity contribution >= 4 is 77.3 Å². The largest absolute Gasteiger partial charge is 0.437 e. The second-order valence-electron chi connectivity index (χ2n) is 13.7. The van der Waals surface area contributed by atoms with Gasteiger partial charge in [0.05, 0.1) is 20.6 Å². The minimum Gasteiger partial charge on any atom is -0.437 e. The second-order valence-corrected chi connectivity index (χ2v) is 15.5. The number of nitro groups is 2. The Bertz CT molecular complexity index is 2100. The summed E-state index contributed by atoms with van der Waals surface area (Å²) in [5.41, 5.74) is 1.37. The predicted octanol–water partition coefficient (Wildman–Crippen LogP) is 8.21. The van der Waals surface area contributed by atoms with Crippen LogP contribution in [0, 0.1) is 20.2 Å². The van der Waals surface area contributed by atoms with Gasteiger partial charge >= 0.3 is 11.9 Å². The summed E-state index contributed by atoms with van der Waals surface area (Å²) in [5.74, 6) is -1.39. The van der Waals surface area contributed by atoms with Crippen molar-refractivity contribution in [2.45, 2.75) is 75.9 Å². The number of thiophene rings is 2. The van der Waals surface area contributed by atoms with Gasteiger partial charge in [-0.2, -0.15) is 0 Å². The van der Waals surface area contributed by atoms with E-state index in [0.717, 1.165) is 56.7 Å². The molecule has 268 valence electrons. The number of ether oxygens (including phenoxy) is 2. The van der Waals surface area contributed by atoms with Crippen molar-refractivity contribution in [2.75, 3.05) is 13.1 Å². The lowest BCUT2D eigenvalue weighted by atomic mass is 9.92. The molecular formula is C38H36N4O8S2. The quantitative estimate of drug-likeness (QED) is 0.0675. The second kappa shape index (κ2) is 13.0. The van der Waals surface area contributed by atoms with Gasteiger partial charge in [-0.3, -0.25) is 30.0 Å². The molecular weight excluding hydrogens is 705 g/mol. The van der Waals surface area contributed by atoms with E-state index in [1.54, 1.807) is 12.1 Å². The fourth-order valence-corrected chi connectivity index (χ4v) is 11.0. The molecule has 4 bridgehead atoms. The fraction of sp³-hybridized carbons (Fsp3) is 0.368. The molecule has 52 heavy (non-hydrogen) atoms. The number of carbonyl (C=O) groups is 2.